The summed E-state index contributed by atoms with van der Waals surface area (Å²) in [7, 11) is 1.21. The lowest BCUT2D eigenvalue weighted by atomic mass is 10.0. The van der Waals surface area contributed by atoms with E-state index in [0.29, 0.717) is 65.1 Å². The summed E-state index contributed by atoms with van der Waals surface area (Å²) in [5.74, 6) is 6.00. The molecule has 3 aromatic rings. The van der Waals surface area contributed by atoms with Crippen molar-refractivity contribution >= 4 is 45.2 Å². The van der Waals surface area contributed by atoms with E-state index in [2.05, 4.69) is 27.4 Å². The van der Waals surface area contributed by atoms with Gasteiger partial charge in [-0.3, -0.25) is 0 Å². The minimum Gasteiger partial charge on any atom is -0.461 e. The highest BCUT2D eigenvalue weighted by Gasteiger charge is 2.33. The fourth-order valence-corrected chi connectivity index (χ4v) is 9.62. The van der Waals surface area contributed by atoms with Crippen LogP contribution in [0.15, 0.2) is 36.4 Å². The molecule has 238 valence electrons. The zero-order chi connectivity index (χ0) is 31.5. The Morgan fingerprint density at radius 2 is 1.86 bits per heavy atom. The van der Waals surface area contributed by atoms with Crippen LogP contribution >= 0.6 is 18.5 Å². The van der Waals surface area contributed by atoms with Crippen molar-refractivity contribution in [1.29, 1.82) is 0 Å². The number of alkyl halides is 5. The van der Waals surface area contributed by atoms with E-state index in [1.54, 1.807) is 36.4 Å². The van der Waals surface area contributed by atoms with Crippen molar-refractivity contribution < 1.29 is 31.3 Å². The van der Waals surface area contributed by atoms with E-state index in [4.69, 9.17) is 4.74 Å². The summed E-state index contributed by atoms with van der Waals surface area (Å²) in [6.07, 6.45) is -5.03. The maximum atomic E-state index is 14.7. The molecule has 0 bridgehead atoms. The van der Waals surface area contributed by atoms with Crippen LogP contribution in [0.2, 0.25) is 0 Å². The molecule has 13 heteroatoms. The van der Waals surface area contributed by atoms with Crippen molar-refractivity contribution in [2.24, 2.45) is 0 Å². The number of ether oxygens (including phenoxy) is 1. The Balaban J connectivity index is 1.37. The van der Waals surface area contributed by atoms with Crippen LogP contribution in [0, 0.1) is 11.8 Å². The molecule has 0 spiro atoms. The average Bonchev–Trinajstić information content (AvgIpc) is 3.31. The highest BCUT2D eigenvalue weighted by atomic mass is 32.1. The summed E-state index contributed by atoms with van der Waals surface area (Å²) in [6, 6.07) is 9.67. The second kappa shape index (κ2) is 13.7. The van der Waals surface area contributed by atoms with E-state index in [9.17, 15) is 26.5 Å². The van der Waals surface area contributed by atoms with Gasteiger partial charge in [-0.15, -0.1) is 11.3 Å². The van der Waals surface area contributed by atoms with Gasteiger partial charge in [-0.05, 0) is 55.7 Å². The monoisotopic (exact) mass is 654 g/mol. The minimum atomic E-state index is -4.44. The first-order valence-electron chi connectivity index (χ1n) is 14.5. The molecular formula is C31H36F5N4O2PS. The number of thiophene rings is 1. The molecule has 0 saturated carbocycles. The number of benzene rings is 2. The van der Waals surface area contributed by atoms with Gasteiger partial charge < -0.3 is 29.7 Å². The number of rotatable bonds is 8. The van der Waals surface area contributed by atoms with Gasteiger partial charge in [-0.1, -0.05) is 24.0 Å². The molecule has 2 N–H and O–H groups in total. The topological polar surface area (TPSA) is 56.8 Å². The van der Waals surface area contributed by atoms with Crippen LogP contribution in [0.1, 0.15) is 16.9 Å². The zero-order valence-electron chi connectivity index (χ0n) is 24.6. The van der Waals surface area contributed by atoms with Crippen LogP contribution < -0.4 is 20.7 Å². The quantitative estimate of drug-likeness (QED) is 0.172. The molecule has 44 heavy (non-hydrogen) atoms. The first kappa shape index (κ1) is 32.6. The van der Waals surface area contributed by atoms with E-state index in [1.807, 2.05) is 19.0 Å². The van der Waals surface area contributed by atoms with Gasteiger partial charge in [-0.25, -0.2) is 8.78 Å². The summed E-state index contributed by atoms with van der Waals surface area (Å²) < 4.78 is 88.2. The van der Waals surface area contributed by atoms with Crippen molar-refractivity contribution in [3.63, 3.8) is 0 Å². The summed E-state index contributed by atoms with van der Waals surface area (Å²) in [6.45, 7) is 1.42. The van der Waals surface area contributed by atoms with Gasteiger partial charge in [-0.2, -0.15) is 13.2 Å². The second-order valence-electron chi connectivity index (χ2n) is 11.4. The molecule has 2 aliphatic heterocycles. The normalized spacial score (nSPS) is 21.1. The number of hydrogen-bond donors (Lipinski definition) is 2. The van der Waals surface area contributed by atoms with Crippen LogP contribution in [-0.2, 0) is 11.0 Å². The molecule has 2 aromatic carbocycles. The number of nitrogens with zero attached hydrogens (tertiary/aromatic N) is 2. The molecule has 2 saturated heterocycles. The Hall–Kier alpha value is -2.84. The third-order valence-electron chi connectivity index (χ3n) is 8.18. The van der Waals surface area contributed by atoms with E-state index in [0.717, 1.165) is 17.9 Å². The van der Waals surface area contributed by atoms with Crippen LogP contribution in [0.25, 0.3) is 10.1 Å². The summed E-state index contributed by atoms with van der Waals surface area (Å²) in [5.41, 5.74) is 1.12. The summed E-state index contributed by atoms with van der Waals surface area (Å²) in [4.78, 5) is 4.31. The minimum absolute atomic E-state index is 0.0500. The van der Waals surface area contributed by atoms with Crippen LogP contribution in [-0.4, -0.2) is 94.2 Å². The standard InChI is InChI=1S/C31H36F5N4O2PS/c1-39-13-15-43(41,16-14-39)21-8-9-26(28(17-21)42-20-32)37-11-4-7-29-23(18-31(34,35)36)22-5-3-6-27(30(22)44-29)38-25-10-12-40(2)19-24(25)33/h3,5-6,8-9,17,24-25,37-38H,10-16,18-20H2,1-2H3/t24-,25?/m0/s1. The Labute approximate surface area is 258 Å². The zero-order valence-corrected chi connectivity index (χ0v) is 26.4. The maximum Gasteiger partial charge on any atom is 0.393 e. The van der Waals surface area contributed by atoms with Crippen LogP contribution in [0.4, 0.5) is 33.3 Å². The fraction of sp³-hybridized carbons (Fsp3) is 0.484. The number of anilines is 2. The van der Waals surface area contributed by atoms with Crippen molar-refractivity contribution in [3.8, 4) is 17.6 Å². The van der Waals surface area contributed by atoms with Gasteiger partial charge in [0, 0.05) is 43.8 Å². The molecule has 3 heterocycles. The third kappa shape index (κ3) is 7.68. The van der Waals surface area contributed by atoms with E-state index in [-0.39, 0.29) is 22.7 Å². The molecule has 0 amide bonds. The van der Waals surface area contributed by atoms with E-state index < -0.39 is 38.8 Å². The third-order valence-corrected chi connectivity index (χ3v) is 12.4. The van der Waals surface area contributed by atoms with Gasteiger partial charge in [0.2, 0.25) is 6.86 Å². The lowest BCUT2D eigenvalue weighted by Crippen LogP contribution is -2.46. The molecule has 1 unspecified atom stereocenters. The number of piperidine rings is 1. The number of halogens is 5. The predicted molar refractivity (Wildman–Crippen MR) is 169 cm³/mol. The van der Waals surface area contributed by atoms with Crippen molar-refractivity contribution in [2.75, 3.05) is 76.6 Å². The van der Waals surface area contributed by atoms with Gasteiger partial charge >= 0.3 is 6.18 Å². The molecule has 2 atom stereocenters. The molecule has 0 radical (unpaired) electrons. The predicted octanol–water partition coefficient (Wildman–Crippen LogP) is 6.16. The molecule has 5 rings (SSSR count). The maximum absolute atomic E-state index is 14.7. The number of fused-ring (bicyclic) bond motifs is 1. The van der Waals surface area contributed by atoms with E-state index in [1.165, 1.54) is 0 Å². The van der Waals surface area contributed by atoms with Crippen molar-refractivity contribution in [1.82, 2.24) is 9.80 Å². The first-order chi connectivity index (χ1) is 21.0. The Kier molecular flexibility index (Phi) is 10.1. The lowest BCUT2D eigenvalue weighted by molar-refractivity contribution is -0.126. The highest BCUT2D eigenvalue weighted by Crippen LogP contribution is 2.47. The molecule has 6 nitrogen and oxygen atoms in total. The van der Waals surface area contributed by atoms with Crippen LogP contribution in [0.3, 0.4) is 0 Å². The summed E-state index contributed by atoms with van der Waals surface area (Å²) in [5, 5.41) is 7.37. The Morgan fingerprint density at radius 3 is 2.57 bits per heavy atom. The van der Waals surface area contributed by atoms with Gasteiger partial charge in [0.1, 0.15) is 19.1 Å². The fourth-order valence-electron chi connectivity index (χ4n) is 5.68. The molecule has 1 aromatic heterocycles. The largest absolute Gasteiger partial charge is 0.461 e. The number of likely N-dealkylation sites (tertiary alicyclic amines) is 1. The van der Waals surface area contributed by atoms with Crippen LogP contribution in [0.5, 0.6) is 5.75 Å². The van der Waals surface area contributed by atoms with E-state index >= 15 is 0 Å². The molecule has 2 aliphatic rings. The van der Waals surface area contributed by atoms with Gasteiger partial charge in [0.05, 0.1) is 40.0 Å². The van der Waals surface area contributed by atoms with Gasteiger partial charge in [0.15, 0.2) is 0 Å². The average molecular weight is 655 g/mol. The van der Waals surface area contributed by atoms with Gasteiger partial charge in [0.25, 0.3) is 0 Å². The molecular weight excluding hydrogens is 618 g/mol. The van der Waals surface area contributed by atoms with Crippen molar-refractivity contribution in [3.05, 3.63) is 46.8 Å². The smallest absolute Gasteiger partial charge is 0.393 e. The Bertz CT molecular complexity index is 1570. The number of hydrogen-bond acceptors (Lipinski definition) is 7. The lowest BCUT2D eigenvalue weighted by Gasteiger charge is -2.33. The Morgan fingerprint density at radius 1 is 1.09 bits per heavy atom. The van der Waals surface area contributed by atoms with Crippen molar-refractivity contribution in [2.45, 2.75) is 31.2 Å². The SMILES string of the molecule is CN1CCP(=O)(c2ccc(NCC#Cc3sc4c(NC5CCN(C)C[C@@H]5F)cccc4c3CC(F)(F)F)c(OCF)c2)CC1. The number of nitrogens with one attached hydrogen (secondary N) is 2. The summed E-state index contributed by atoms with van der Waals surface area (Å²) >= 11 is 1.15. The second-order valence-corrected chi connectivity index (χ2v) is 15.6. The molecule has 2 fully saturated rings. The molecule has 0 aliphatic carbocycles. The highest BCUT2D eigenvalue weighted by molar-refractivity contribution is 7.71. The first-order valence-corrected chi connectivity index (χ1v) is 17.4.